The van der Waals surface area contributed by atoms with Gasteiger partial charge < -0.3 is 14.4 Å². The van der Waals surface area contributed by atoms with Crippen LogP contribution in [0.3, 0.4) is 0 Å². The maximum absolute atomic E-state index is 12.3. The van der Waals surface area contributed by atoms with E-state index in [9.17, 15) is 9.59 Å². The molecule has 6 nitrogen and oxygen atoms in total. The van der Waals surface area contributed by atoms with Gasteiger partial charge in [-0.2, -0.15) is 0 Å². The summed E-state index contributed by atoms with van der Waals surface area (Å²) in [6.07, 6.45) is 2.85. The van der Waals surface area contributed by atoms with Crippen molar-refractivity contribution in [1.29, 1.82) is 0 Å². The van der Waals surface area contributed by atoms with E-state index in [-0.39, 0.29) is 12.5 Å². The molecule has 0 radical (unpaired) electrons. The summed E-state index contributed by atoms with van der Waals surface area (Å²) in [4.78, 5) is 29.8. The van der Waals surface area contributed by atoms with Crippen LogP contribution in [0.2, 0.25) is 0 Å². The highest BCUT2D eigenvalue weighted by Crippen LogP contribution is 2.22. The van der Waals surface area contributed by atoms with Gasteiger partial charge in [-0.05, 0) is 47.5 Å². The Balaban J connectivity index is 1.52. The highest BCUT2D eigenvalue weighted by Gasteiger charge is 2.12. The van der Waals surface area contributed by atoms with Crippen molar-refractivity contribution >= 4 is 40.1 Å². The van der Waals surface area contributed by atoms with Crippen molar-refractivity contribution in [2.75, 3.05) is 20.8 Å². The molecule has 0 saturated carbocycles. The van der Waals surface area contributed by atoms with Crippen molar-refractivity contribution < 1.29 is 19.1 Å². The summed E-state index contributed by atoms with van der Waals surface area (Å²) >= 11 is 1.50. The van der Waals surface area contributed by atoms with Gasteiger partial charge in [-0.25, -0.2) is 9.78 Å². The number of fused-ring (bicyclic) bond motifs is 1. The van der Waals surface area contributed by atoms with Gasteiger partial charge in [0.25, 0.3) is 5.91 Å². The van der Waals surface area contributed by atoms with Crippen molar-refractivity contribution in [2.45, 2.75) is 13.5 Å². The molecule has 1 heterocycles. The molecule has 0 spiro atoms. The Morgan fingerprint density at radius 3 is 2.66 bits per heavy atom. The molecule has 1 amide bonds. The Labute approximate surface area is 173 Å². The van der Waals surface area contributed by atoms with Crippen LogP contribution < -0.4 is 4.74 Å². The number of esters is 1. The number of ether oxygens (including phenoxy) is 2. The van der Waals surface area contributed by atoms with Crippen molar-refractivity contribution in [2.24, 2.45) is 0 Å². The number of carbonyl (C=O) groups is 2. The van der Waals surface area contributed by atoms with Gasteiger partial charge in [-0.15, -0.1) is 11.3 Å². The Kier molecular flexibility index (Phi) is 6.61. The number of nitrogens with zero attached hydrogens (tertiary/aromatic N) is 2. The van der Waals surface area contributed by atoms with E-state index in [1.807, 2.05) is 48.7 Å². The minimum Gasteiger partial charge on any atom is -0.497 e. The van der Waals surface area contributed by atoms with Crippen LogP contribution in [0.25, 0.3) is 16.8 Å². The molecule has 3 aromatic rings. The first-order valence-corrected chi connectivity index (χ1v) is 9.90. The Hall–Kier alpha value is -3.19. The van der Waals surface area contributed by atoms with E-state index in [0.717, 1.165) is 27.1 Å². The van der Waals surface area contributed by atoms with E-state index < -0.39 is 5.97 Å². The second kappa shape index (κ2) is 9.34. The molecule has 0 saturated heterocycles. The summed E-state index contributed by atoms with van der Waals surface area (Å²) in [7, 11) is 3.32. The molecule has 0 bridgehead atoms. The van der Waals surface area contributed by atoms with E-state index >= 15 is 0 Å². The highest BCUT2D eigenvalue weighted by atomic mass is 32.1. The molecular formula is C22H22N2O4S. The van der Waals surface area contributed by atoms with Crippen LogP contribution in [0, 0.1) is 6.92 Å². The number of rotatable bonds is 7. The van der Waals surface area contributed by atoms with Crippen molar-refractivity contribution in [3.63, 3.8) is 0 Å². The van der Waals surface area contributed by atoms with Crippen LogP contribution in [0.5, 0.6) is 5.75 Å². The third kappa shape index (κ3) is 5.65. The summed E-state index contributed by atoms with van der Waals surface area (Å²) in [6, 6.07) is 11.8. The zero-order valence-corrected chi connectivity index (χ0v) is 17.4. The number of methoxy groups -OCH3 is 1. The van der Waals surface area contributed by atoms with E-state index in [1.165, 1.54) is 22.3 Å². The predicted octanol–water partition coefficient (Wildman–Crippen LogP) is 3.83. The van der Waals surface area contributed by atoms with Crippen LogP contribution in [0.4, 0.5) is 0 Å². The van der Waals surface area contributed by atoms with Crippen LogP contribution in [0.1, 0.15) is 16.3 Å². The van der Waals surface area contributed by atoms with E-state index in [4.69, 9.17) is 9.47 Å². The third-order valence-corrected chi connectivity index (χ3v) is 5.11. The molecular weight excluding hydrogens is 388 g/mol. The van der Waals surface area contributed by atoms with Gasteiger partial charge in [-0.1, -0.05) is 18.2 Å². The molecule has 0 aliphatic carbocycles. The first-order chi connectivity index (χ1) is 13.9. The third-order valence-electron chi connectivity index (χ3n) is 4.32. The fourth-order valence-electron chi connectivity index (χ4n) is 2.76. The lowest BCUT2D eigenvalue weighted by Gasteiger charge is -2.17. The SMILES string of the molecule is COc1ccc2cc(CN(C)C(=O)COC(=O)/C=C/c3csc(C)n3)ccc2c1. The fourth-order valence-corrected chi connectivity index (χ4v) is 3.34. The average Bonchev–Trinajstić information content (AvgIpc) is 3.15. The Morgan fingerprint density at radius 2 is 1.93 bits per heavy atom. The smallest absolute Gasteiger partial charge is 0.331 e. The predicted molar refractivity (Wildman–Crippen MR) is 114 cm³/mol. The van der Waals surface area contributed by atoms with E-state index in [1.54, 1.807) is 20.2 Å². The van der Waals surface area contributed by atoms with Crippen LogP contribution >= 0.6 is 11.3 Å². The Morgan fingerprint density at radius 1 is 1.17 bits per heavy atom. The molecule has 0 N–H and O–H groups in total. The molecule has 2 aromatic carbocycles. The fraction of sp³-hybridized carbons (Fsp3) is 0.227. The molecule has 7 heteroatoms. The first-order valence-electron chi connectivity index (χ1n) is 9.02. The number of aryl methyl sites for hydroxylation is 1. The topological polar surface area (TPSA) is 68.7 Å². The molecule has 0 aliphatic heterocycles. The van der Waals surface area contributed by atoms with Crippen molar-refractivity contribution in [1.82, 2.24) is 9.88 Å². The zero-order valence-electron chi connectivity index (χ0n) is 16.5. The second-order valence-electron chi connectivity index (χ2n) is 6.53. The van der Waals surface area contributed by atoms with Gasteiger partial charge in [0.1, 0.15) is 5.75 Å². The number of carbonyl (C=O) groups excluding carboxylic acids is 2. The first kappa shape index (κ1) is 20.5. The van der Waals surface area contributed by atoms with Gasteiger partial charge >= 0.3 is 5.97 Å². The molecule has 0 fully saturated rings. The van der Waals surface area contributed by atoms with Crippen LogP contribution in [0.15, 0.2) is 47.9 Å². The highest BCUT2D eigenvalue weighted by molar-refractivity contribution is 7.09. The summed E-state index contributed by atoms with van der Waals surface area (Å²) in [6.45, 7) is 2.01. The molecule has 0 atom stereocenters. The van der Waals surface area contributed by atoms with Crippen LogP contribution in [-0.4, -0.2) is 42.5 Å². The summed E-state index contributed by atoms with van der Waals surface area (Å²) in [5.41, 5.74) is 1.69. The average molecular weight is 410 g/mol. The monoisotopic (exact) mass is 410 g/mol. The standard InChI is InChI=1S/C22H22N2O4S/c1-15-23-19(14-29-15)7-9-22(26)28-13-21(25)24(2)12-16-4-5-18-11-20(27-3)8-6-17(18)10-16/h4-11,14H,12-13H2,1-3H3/b9-7+. The minimum absolute atomic E-state index is 0.272. The van der Waals surface area contributed by atoms with Crippen molar-refractivity contribution in [3.8, 4) is 5.75 Å². The number of thiazole rings is 1. The number of benzene rings is 2. The van der Waals surface area contributed by atoms with Gasteiger partial charge in [0.15, 0.2) is 6.61 Å². The second-order valence-corrected chi connectivity index (χ2v) is 7.59. The van der Waals surface area contributed by atoms with Gasteiger partial charge in [0, 0.05) is 25.0 Å². The number of likely N-dealkylation sites (N-methyl/N-ethyl adjacent to an activating group) is 1. The number of hydrogen-bond donors (Lipinski definition) is 0. The summed E-state index contributed by atoms with van der Waals surface area (Å²) in [5, 5.41) is 4.90. The molecule has 3 rings (SSSR count). The van der Waals surface area contributed by atoms with Crippen LogP contribution in [-0.2, 0) is 20.9 Å². The number of hydrogen-bond acceptors (Lipinski definition) is 6. The number of amides is 1. The van der Waals surface area contributed by atoms with E-state index in [0.29, 0.717) is 12.2 Å². The molecule has 0 unspecified atom stereocenters. The summed E-state index contributed by atoms with van der Waals surface area (Å²) in [5.74, 6) is -0.0403. The number of aromatic nitrogens is 1. The van der Waals surface area contributed by atoms with Gasteiger partial charge in [0.2, 0.25) is 0 Å². The Bertz CT molecular complexity index is 1060. The lowest BCUT2D eigenvalue weighted by atomic mass is 10.1. The quantitative estimate of drug-likeness (QED) is 0.437. The maximum atomic E-state index is 12.3. The zero-order chi connectivity index (χ0) is 20.8. The lowest BCUT2D eigenvalue weighted by Crippen LogP contribution is -2.30. The van der Waals surface area contributed by atoms with E-state index in [2.05, 4.69) is 4.98 Å². The summed E-state index contributed by atoms with van der Waals surface area (Å²) < 4.78 is 10.3. The lowest BCUT2D eigenvalue weighted by molar-refractivity contribution is -0.147. The van der Waals surface area contributed by atoms with Crippen molar-refractivity contribution in [3.05, 3.63) is 64.1 Å². The minimum atomic E-state index is -0.572. The van der Waals surface area contributed by atoms with Gasteiger partial charge in [0.05, 0.1) is 17.8 Å². The molecule has 150 valence electrons. The molecule has 1 aromatic heterocycles. The largest absolute Gasteiger partial charge is 0.497 e. The normalized spacial score (nSPS) is 11.0. The molecule has 29 heavy (non-hydrogen) atoms. The van der Waals surface area contributed by atoms with Gasteiger partial charge in [-0.3, -0.25) is 4.79 Å². The molecule has 0 aliphatic rings. The maximum Gasteiger partial charge on any atom is 0.331 e.